The lowest BCUT2D eigenvalue weighted by atomic mass is 10.2. The highest BCUT2D eigenvalue weighted by Crippen LogP contribution is 2.24. The number of ether oxygens (including phenoxy) is 1. The van der Waals surface area contributed by atoms with E-state index in [9.17, 15) is 8.42 Å². The summed E-state index contributed by atoms with van der Waals surface area (Å²) in [6, 6.07) is 8.36. The van der Waals surface area contributed by atoms with Crippen LogP contribution in [0.4, 0.5) is 11.5 Å². The molecule has 1 aliphatic rings. The molecule has 2 heterocycles. The number of aromatic nitrogens is 1. The molecule has 2 aromatic rings. The van der Waals surface area contributed by atoms with Gasteiger partial charge in [0.15, 0.2) is 0 Å². The number of rotatable bonds is 5. The molecule has 1 aliphatic heterocycles. The first-order chi connectivity index (χ1) is 11.5. The second-order valence-corrected chi connectivity index (χ2v) is 7.52. The molecule has 1 N–H and O–H groups in total. The zero-order valence-corrected chi connectivity index (χ0v) is 14.6. The van der Waals surface area contributed by atoms with E-state index in [1.54, 1.807) is 31.5 Å². The maximum Gasteiger partial charge on any atom is 0.261 e. The van der Waals surface area contributed by atoms with Gasteiger partial charge in [-0.25, -0.2) is 13.4 Å². The van der Waals surface area contributed by atoms with Crippen molar-refractivity contribution >= 4 is 21.5 Å². The van der Waals surface area contributed by atoms with Crippen molar-refractivity contribution in [1.82, 2.24) is 4.98 Å². The topological polar surface area (TPSA) is 71.5 Å². The highest BCUT2D eigenvalue weighted by atomic mass is 32.2. The molecule has 1 fully saturated rings. The number of anilines is 2. The van der Waals surface area contributed by atoms with Crippen LogP contribution in [0, 0.1) is 6.92 Å². The fraction of sp³-hybridized carbons (Fsp3) is 0.353. The van der Waals surface area contributed by atoms with Crippen LogP contribution < -0.4 is 14.4 Å². The fourth-order valence-corrected chi connectivity index (χ4v) is 3.94. The largest absolute Gasteiger partial charge is 0.496 e. The number of nitrogens with zero attached hydrogens (tertiary/aromatic N) is 2. The third-order valence-corrected chi connectivity index (χ3v) is 5.49. The Morgan fingerprint density at radius 1 is 1.17 bits per heavy atom. The molecule has 3 rings (SSSR count). The Balaban J connectivity index is 1.77. The molecular weight excluding hydrogens is 326 g/mol. The number of hydrogen-bond acceptors (Lipinski definition) is 5. The summed E-state index contributed by atoms with van der Waals surface area (Å²) in [5, 5.41) is 0. The van der Waals surface area contributed by atoms with Crippen molar-refractivity contribution in [2.24, 2.45) is 0 Å². The van der Waals surface area contributed by atoms with Crippen LogP contribution in [0.25, 0.3) is 0 Å². The summed E-state index contributed by atoms with van der Waals surface area (Å²) in [7, 11) is -2.09. The van der Waals surface area contributed by atoms with Crippen molar-refractivity contribution in [3.8, 4) is 5.75 Å². The number of nitrogens with one attached hydrogen (secondary N) is 1. The van der Waals surface area contributed by atoms with Crippen LogP contribution in [0.5, 0.6) is 5.75 Å². The average molecular weight is 347 g/mol. The summed E-state index contributed by atoms with van der Waals surface area (Å²) >= 11 is 0. The van der Waals surface area contributed by atoms with Crippen molar-refractivity contribution in [2.45, 2.75) is 24.7 Å². The van der Waals surface area contributed by atoms with Gasteiger partial charge < -0.3 is 9.64 Å². The van der Waals surface area contributed by atoms with Gasteiger partial charge in [-0.15, -0.1) is 0 Å². The first kappa shape index (κ1) is 16.6. The molecular formula is C17H21N3O3S. The first-order valence-electron chi connectivity index (χ1n) is 7.88. The molecule has 0 amide bonds. The van der Waals surface area contributed by atoms with E-state index in [4.69, 9.17) is 4.74 Å². The summed E-state index contributed by atoms with van der Waals surface area (Å²) in [4.78, 5) is 6.76. The van der Waals surface area contributed by atoms with Crippen LogP contribution in [0.1, 0.15) is 18.4 Å². The fourth-order valence-electron chi connectivity index (χ4n) is 2.81. The lowest BCUT2D eigenvalue weighted by Crippen LogP contribution is -2.19. The van der Waals surface area contributed by atoms with E-state index in [0.717, 1.165) is 24.5 Å². The molecule has 0 saturated carbocycles. The zero-order chi connectivity index (χ0) is 17.2. The second-order valence-electron chi connectivity index (χ2n) is 5.84. The van der Waals surface area contributed by atoms with Crippen LogP contribution in [-0.2, 0) is 10.0 Å². The van der Waals surface area contributed by atoms with Crippen LogP contribution in [0.3, 0.4) is 0 Å². The third-order valence-electron chi connectivity index (χ3n) is 4.11. The minimum atomic E-state index is -3.65. The molecule has 1 aromatic carbocycles. The maximum absolute atomic E-state index is 12.5. The van der Waals surface area contributed by atoms with E-state index in [-0.39, 0.29) is 4.90 Å². The Morgan fingerprint density at radius 2 is 1.92 bits per heavy atom. The predicted molar refractivity (Wildman–Crippen MR) is 94.2 cm³/mol. The molecule has 24 heavy (non-hydrogen) atoms. The number of aryl methyl sites for hydroxylation is 1. The number of pyridine rings is 1. The number of methoxy groups -OCH3 is 1. The van der Waals surface area contributed by atoms with Crippen molar-refractivity contribution in [1.29, 1.82) is 0 Å². The lowest BCUT2D eigenvalue weighted by molar-refractivity contribution is 0.411. The predicted octanol–water partition coefficient (Wildman–Crippen LogP) is 2.80. The van der Waals surface area contributed by atoms with Gasteiger partial charge in [0.25, 0.3) is 10.0 Å². The Bertz CT molecular complexity index is 813. The van der Waals surface area contributed by atoms with E-state index in [0.29, 0.717) is 11.4 Å². The van der Waals surface area contributed by atoms with Gasteiger partial charge in [-0.3, -0.25) is 4.72 Å². The Labute approximate surface area is 142 Å². The van der Waals surface area contributed by atoms with Crippen molar-refractivity contribution in [3.63, 3.8) is 0 Å². The number of benzene rings is 1. The molecule has 0 spiro atoms. The van der Waals surface area contributed by atoms with Gasteiger partial charge in [0, 0.05) is 13.1 Å². The molecule has 0 bridgehead atoms. The van der Waals surface area contributed by atoms with Gasteiger partial charge in [-0.1, -0.05) is 0 Å². The summed E-state index contributed by atoms with van der Waals surface area (Å²) in [5.74, 6) is 1.54. The van der Waals surface area contributed by atoms with Crippen molar-refractivity contribution in [2.75, 3.05) is 29.8 Å². The van der Waals surface area contributed by atoms with Crippen LogP contribution in [0.2, 0.25) is 0 Å². The minimum Gasteiger partial charge on any atom is -0.496 e. The molecule has 0 unspecified atom stereocenters. The molecule has 128 valence electrons. The van der Waals surface area contributed by atoms with Gasteiger partial charge in [-0.05, 0) is 55.7 Å². The first-order valence-corrected chi connectivity index (χ1v) is 9.36. The Hall–Kier alpha value is -2.28. The van der Waals surface area contributed by atoms with Crippen LogP contribution in [-0.4, -0.2) is 33.6 Å². The average Bonchev–Trinajstić information content (AvgIpc) is 3.09. The van der Waals surface area contributed by atoms with E-state index in [1.165, 1.54) is 18.9 Å². The number of hydrogen-bond donors (Lipinski definition) is 1. The van der Waals surface area contributed by atoms with Gasteiger partial charge in [0.05, 0.1) is 23.9 Å². The quantitative estimate of drug-likeness (QED) is 0.900. The van der Waals surface area contributed by atoms with E-state index >= 15 is 0 Å². The molecule has 0 atom stereocenters. The van der Waals surface area contributed by atoms with Gasteiger partial charge in [0.1, 0.15) is 11.6 Å². The summed E-state index contributed by atoms with van der Waals surface area (Å²) < 4.78 is 32.7. The monoisotopic (exact) mass is 347 g/mol. The zero-order valence-electron chi connectivity index (χ0n) is 13.8. The summed E-state index contributed by atoms with van der Waals surface area (Å²) in [5.41, 5.74) is 1.22. The third kappa shape index (κ3) is 3.46. The Morgan fingerprint density at radius 3 is 2.50 bits per heavy atom. The van der Waals surface area contributed by atoms with E-state index < -0.39 is 10.0 Å². The van der Waals surface area contributed by atoms with Crippen molar-refractivity contribution < 1.29 is 13.2 Å². The second kappa shape index (κ2) is 6.68. The van der Waals surface area contributed by atoms with Crippen LogP contribution in [0.15, 0.2) is 41.4 Å². The molecule has 1 aromatic heterocycles. The lowest BCUT2D eigenvalue weighted by Gasteiger charge is -2.16. The maximum atomic E-state index is 12.5. The standard InChI is InChI=1S/C17H21N3O3S/c1-13-11-15(6-7-16(13)23-2)24(21,22)19-14-5-8-17(18-12-14)20-9-3-4-10-20/h5-8,11-12,19H,3-4,9-10H2,1-2H3. The summed E-state index contributed by atoms with van der Waals surface area (Å²) in [6.45, 7) is 3.82. The van der Waals surface area contributed by atoms with Gasteiger partial charge in [-0.2, -0.15) is 0 Å². The van der Waals surface area contributed by atoms with Gasteiger partial charge in [0.2, 0.25) is 0 Å². The van der Waals surface area contributed by atoms with Crippen LogP contribution >= 0.6 is 0 Å². The van der Waals surface area contributed by atoms with Gasteiger partial charge >= 0.3 is 0 Å². The Kier molecular flexibility index (Phi) is 4.62. The van der Waals surface area contributed by atoms with E-state index in [2.05, 4.69) is 14.6 Å². The normalized spacial score (nSPS) is 14.7. The van der Waals surface area contributed by atoms with E-state index in [1.807, 2.05) is 13.0 Å². The SMILES string of the molecule is COc1ccc(S(=O)(=O)Nc2ccc(N3CCCC3)nc2)cc1C. The molecule has 0 aliphatic carbocycles. The smallest absolute Gasteiger partial charge is 0.261 e. The molecule has 1 saturated heterocycles. The van der Waals surface area contributed by atoms with Crippen molar-refractivity contribution in [3.05, 3.63) is 42.1 Å². The highest BCUT2D eigenvalue weighted by molar-refractivity contribution is 7.92. The minimum absolute atomic E-state index is 0.199. The molecule has 7 heteroatoms. The molecule has 0 radical (unpaired) electrons. The summed E-state index contributed by atoms with van der Waals surface area (Å²) in [6.07, 6.45) is 3.90. The number of sulfonamides is 1. The molecule has 6 nitrogen and oxygen atoms in total. The highest BCUT2D eigenvalue weighted by Gasteiger charge is 2.17.